The minimum atomic E-state index is -0.839. The van der Waals surface area contributed by atoms with E-state index in [1.807, 2.05) is 12.1 Å². The monoisotopic (exact) mass is 290 g/mol. The Labute approximate surface area is 121 Å². The van der Waals surface area contributed by atoms with Crippen LogP contribution in [0.15, 0.2) is 52.3 Å². The summed E-state index contributed by atoms with van der Waals surface area (Å²) in [6.07, 6.45) is 0.0258. The molecule has 0 unspecified atom stereocenters. The molecule has 2 N–H and O–H groups in total. The van der Waals surface area contributed by atoms with E-state index in [4.69, 9.17) is 9.84 Å². The third-order valence-corrected chi connectivity index (χ3v) is 3.66. The Hall–Kier alpha value is -2.14. The SMILES string of the molecule is COc1cc(Sc2ccc(CC(=O)O)cc2)ccc1O. The summed E-state index contributed by atoms with van der Waals surface area (Å²) < 4.78 is 5.06. The number of hydrogen-bond donors (Lipinski definition) is 2. The normalized spacial score (nSPS) is 10.2. The maximum atomic E-state index is 10.6. The quantitative estimate of drug-likeness (QED) is 0.885. The Morgan fingerprint density at radius 2 is 1.80 bits per heavy atom. The minimum absolute atomic E-state index is 0.0258. The Morgan fingerprint density at radius 1 is 1.15 bits per heavy atom. The smallest absolute Gasteiger partial charge is 0.307 e. The number of methoxy groups -OCH3 is 1. The molecule has 0 aromatic heterocycles. The lowest BCUT2D eigenvalue weighted by Gasteiger charge is -2.07. The second-order valence-electron chi connectivity index (χ2n) is 4.15. The van der Waals surface area contributed by atoms with Gasteiger partial charge in [-0.1, -0.05) is 23.9 Å². The molecule has 2 aromatic carbocycles. The third kappa shape index (κ3) is 3.68. The molecule has 0 aliphatic carbocycles. The molecule has 2 aromatic rings. The minimum Gasteiger partial charge on any atom is -0.504 e. The van der Waals surface area contributed by atoms with E-state index in [0.717, 1.165) is 15.4 Å². The van der Waals surface area contributed by atoms with Crippen LogP contribution >= 0.6 is 11.8 Å². The first kappa shape index (κ1) is 14.3. The highest BCUT2D eigenvalue weighted by atomic mass is 32.2. The van der Waals surface area contributed by atoms with Gasteiger partial charge in [0, 0.05) is 9.79 Å². The van der Waals surface area contributed by atoms with Crippen LogP contribution in [0.1, 0.15) is 5.56 Å². The summed E-state index contributed by atoms with van der Waals surface area (Å²) in [7, 11) is 1.50. The van der Waals surface area contributed by atoms with Gasteiger partial charge in [0.05, 0.1) is 13.5 Å². The Kier molecular flexibility index (Phi) is 4.53. The number of aromatic hydroxyl groups is 1. The third-order valence-electron chi connectivity index (χ3n) is 2.67. The van der Waals surface area contributed by atoms with Crippen molar-refractivity contribution >= 4 is 17.7 Å². The molecule has 20 heavy (non-hydrogen) atoms. The molecular formula is C15H14O4S. The van der Waals surface area contributed by atoms with E-state index in [1.165, 1.54) is 18.9 Å². The molecule has 0 heterocycles. The lowest BCUT2D eigenvalue weighted by Crippen LogP contribution is -1.99. The van der Waals surface area contributed by atoms with Gasteiger partial charge in [0.2, 0.25) is 0 Å². The summed E-state index contributed by atoms with van der Waals surface area (Å²) in [5.41, 5.74) is 0.769. The molecule has 104 valence electrons. The van der Waals surface area contributed by atoms with Crippen molar-refractivity contribution in [1.82, 2.24) is 0 Å². The lowest BCUT2D eigenvalue weighted by molar-refractivity contribution is -0.136. The fraction of sp³-hybridized carbons (Fsp3) is 0.133. The summed E-state index contributed by atoms with van der Waals surface area (Å²) in [4.78, 5) is 12.5. The highest BCUT2D eigenvalue weighted by Crippen LogP contribution is 2.34. The highest BCUT2D eigenvalue weighted by molar-refractivity contribution is 7.99. The molecule has 0 saturated heterocycles. The fourth-order valence-electron chi connectivity index (χ4n) is 1.71. The maximum absolute atomic E-state index is 10.6. The van der Waals surface area contributed by atoms with Crippen molar-refractivity contribution in [1.29, 1.82) is 0 Å². The molecule has 4 nitrogen and oxygen atoms in total. The van der Waals surface area contributed by atoms with E-state index in [-0.39, 0.29) is 12.2 Å². The predicted molar refractivity (Wildman–Crippen MR) is 76.6 cm³/mol. The number of benzene rings is 2. The van der Waals surface area contributed by atoms with Crippen molar-refractivity contribution < 1.29 is 19.7 Å². The molecule has 0 aliphatic rings. The Morgan fingerprint density at radius 3 is 2.40 bits per heavy atom. The van der Waals surface area contributed by atoms with Crippen LogP contribution in [-0.4, -0.2) is 23.3 Å². The van der Waals surface area contributed by atoms with Crippen molar-refractivity contribution in [2.45, 2.75) is 16.2 Å². The highest BCUT2D eigenvalue weighted by Gasteiger charge is 2.05. The van der Waals surface area contributed by atoms with Crippen LogP contribution in [0.25, 0.3) is 0 Å². The molecule has 0 aliphatic heterocycles. The van der Waals surface area contributed by atoms with Gasteiger partial charge in [0.15, 0.2) is 11.5 Å². The van der Waals surface area contributed by atoms with Crippen LogP contribution in [0.4, 0.5) is 0 Å². The van der Waals surface area contributed by atoms with Crippen LogP contribution in [0, 0.1) is 0 Å². The Bertz CT molecular complexity index is 608. The van der Waals surface area contributed by atoms with Gasteiger partial charge in [0.25, 0.3) is 0 Å². The van der Waals surface area contributed by atoms with E-state index in [0.29, 0.717) is 5.75 Å². The summed E-state index contributed by atoms with van der Waals surface area (Å²) in [6.45, 7) is 0. The lowest BCUT2D eigenvalue weighted by atomic mass is 10.2. The summed E-state index contributed by atoms with van der Waals surface area (Å²) >= 11 is 1.51. The fourth-order valence-corrected chi connectivity index (χ4v) is 2.55. The first-order valence-corrected chi connectivity index (χ1v) is 6.75. The summed E-state index contributed by atoms with van der Waals surface area (Å²) in [6, 6.07) is 12.5. The molecule has 0 saturated carbocycles. The molecule has 0 atom stereocenters. The molecule has 0 fully saturated rings. The number of hydrogen-bond acceptors (Lipinski definition) is 4. The second kappa shape index (κ2) is 6.34. The first-order valence-electron chi connectivity index (χ1n) is 5.94. The second-order valence-corrected chi connectivity index (χ2v) is 5.30. The van der Waals surface area contributed by atoms with Crippen molar-refractivity contribution in [3.8, 4) is 11.5 Å². The largest absolute Gasteiger partial charge is 0.504 e. The van der Waals surface area contributed by atoms with Crippen molar-refractivity contribution in [3.05, 3.63) is 48.0 Å². The molecular weight excluding hydrogens is 276 g/mol. The predicted octanol–water partition coefficient (Wildman–Crippen LogP) is 3.18. The summed E-state index contributed by atoms with van der Waals surface area (Å²) in [5, 5.41) is 18.2. The van der Waals surface area contributed by atoms with Crippen LogP contribution in [0.2, 0.25) is 0 Å². The number of phenols is 1. The van der Waals surface area contributed by atoms with Gasteiger partial charge in [-0.2, -0.15) is 0 Å². The molecule has 2 rings (SSSR count). The van der Waals surface area contributed by atoms with Crippen LogP contribution < -0.4 is 4.74 Å². The van der Waals surface area contributed by atoms with E-state index in [1.54, 1.807) is 30.3 Å². The van der Waals surface area contributed by atoms with Gasteiger partial charge in [-0.05, 0) is 35.9 Å². The van der Waals surface area contributed by atoms with Crippen LogP contribution in [-0.2, 0) is 11.2 Å². The van der Waals surface area contributed by atoms with Gasteiger partial charge in [0.1, 0.15) is 0 Å². The van der Waals surface area contributed by atoms with Crippen LogP contribution in [0.3, 0.4) is 0 Å². The van der Waals surface area contributed by atoms with Crippen molar-refractivity contribution in [3.63, 3.8) is 0 Å². The number of carboxylic acid groups (broad SMARTS) is 1. The number of carbonyl (C=O) groups is 1. The molecule has 0 spiro atoms. The topological polar surface area (TPSA) is 66.8 Å². The van der Waals surface area contributed by atoms with E-state index >= 15 is 0 Å². The number of ether oxygens (including phenoxy) is 1. The van der Waals surface area contributed by atoms with Crippen molar-refractivity contribution in [2.75, 3.05) is 7.11 Å². The van der Waals surface area contributed by atoms with Gasteiger partial charge >= 0.3 is 5.97 Å². The Balaban J connectivity index is 2.11. The zero-order valence-electron chi connectivity index (χ0n) is 10.9. The zero-order valence-corrected chi connectivity index (χ0v) is 11.7. The number of rotatable bonds is 5. The number of carboxylic acids is 1. The van der Waals surface area contributed by atoms with Gasteiger partial charge < -0.3 is 14.9 Å². The molecule has 0 bridgehead atoms. The average Bonchev–Trinajstić information content (AvgIpc) is 2.42. The standard InChI is InChI=1S/C15H14O4S/c1-19-14-9-12(6-7-13(14)16)20-11-4-2-10(3-5-11)8-15(17)18/h2-7,9,16H,8H2,1H3,(H,17,18). The van der Waals surface area contributed by atoms with Gasteiger partial charge in [-0.15, -0.1) is 0 Å². The van der Waals surface area contributed by atoms with E-state index in [2.05, 4.69) is 0 Å². The number of phenolic OH excluding ortho intramolecular Hbond substituents is 1. The average molecular weight is 290 g/mol. The van der Waals surface area contributed by atoms with Crippen molar-refractivity contribution in [2.24, 2.45) is 0 Å². The van der Waals surface area contributed by atoms with Gasteiger partial charge in [-0.3, -0.25) is 4.79 Å². The zero-order chi connectivity index (χ0) is 14.5. The first-order chi connectivity index (χ1) is 9.58. The van der Waals surface area contributed by atoms with Gasteiger partial charge in [-0.25, -0.2) is 0 Å². The summed E-state index contributed by atoms with van der Waals surface area (Å²) in [5.74, 6) is -0.306. The number of aliphatic carboxylic acids is 1. The maximum Gasteiger partial charge on any atom is 0.307 e. The molecule has 5 heteroatoms. The molecule has 0 radical (unpaired) electrons. The van der Waals surface area contributed by atoms with Crippen LogP contribution in [0.5, 0.6) is 11.5 Å². The van der Waals surface area contributed by atoms with E-state index in [9.17, 15) is 9.90 Å². The molecule has 0 amide bonds. The van der Waals surface area contributed by atoms with E-state index < -0.39 is 5.97 Å².